The zero-order valence-electron chi connectivity index (χ0n) is 11.6. The number of nitrogens with zero attached hydrogens (tertiary/aromatic N) is 1. The van der Waals surface area contributed by atoms with E-state index in [9.17, 15) is 8.42 Å². The van der Waals surface area contributed by atoms with Gasteiger partial charge in [-0.15, -0.1) is 24.0 Å². The van der Waals surface area contributed by atoms with Gasteiger partial charge in [-0.3, -0.25) is 4.99 Å². The van der Waals surface area contributed by atoms with Crippen LogP contribution < -0.4 is 15.4 Å². The maximum atomic E-state index is 10.9. The van der Waals surface area contributed by atoms with Gasteiger partial charge >= 0.3 is 0 Å². The third-order valence-electron chi connectivity index (χ3n) is 2.31. The predicted molar refractivity (Wildman–Crippen MR) is 92.9 cm³/mol. The third-order valence-corrected chi connectivity index (χ3v) is 3.04. The molecule has 20 heavy (non-hydrogen) atoms. The molecule has 0 bridgehead atoms. The number of halogens is 1. The topological polar surface area (TPSA) is 82.6 Å². The molecule has 0 aliphatic carbocycles. The van der Waals surface area contributed by atoms with Crippen LogP contribution in [-0.4, -0.2) is 40.8 Å². The van der Waals surface area contributed by atoms with Gasteiger partial charge in [0.1, 0.15) is 0 Å². The van der Waals surface area contributed by atoms with E-state index in [0.29, 0.717) is 25.6 Å². The van der Waals surface area contributed by atoms with Crippen molar-refractivity contribution in [1.29, 1.82) is 0 Å². The summed E-state index contributed by atoms with van der Waals surface area (Å²) in [6.45, 7) is 1.46. The molecule has 0 aromatic heterocycles. The third kappa shape index (κ3) is 9.10. The number of sulfonamides is 1. The fraction of sp³-hybridized carbons (Fsp3) is 0.417. The van der Waals surface area contributed by atoms with Crippen LogP contribution in [0.1, 0.15) is 5.56 Å². The normalized spacial score (nSPS) is 11.6. The van der Waals surface area contributed by atoms with Crippen molar-refractivity contribution in [3.8, 4) is 0 Å². The lowest BCUT2D eigenvalue weighted by Gasteiger charge is -2.11. The predicted octanol–water partition coefficient (Wildman–Crippen LogP) is 0.519. The van der Waals surface area contributed by atoms with E-state index in [4.69, 9.17) is 0 Å². The molecule has 0 spiro atoms. The van der Waals surface area contributed by atoms with Gasteiger partial charge < -0.3 is 10.6 Å². The van der Waals surface area contributed by atoms with Crippen LogP contribution in [0.3, 0.4) is 0 Å². The van der Waals surface area contributed by atoms with E-state index in [0.717, 1.165) is 11.8 Å². The number of guanidine groups is 1. The molecule has 0 amide bonds. The van der Waals surface area contributed by atoms with Crippen LogP contribution in [0.4, 0.5) is 0 Å². The zero-order chi connectivity index (χ0) is 14.1. The summed E-state index contributed by atoms with van der Waals surface area (Å²) in [5, 5.41) is 6.17. The molecule has 1 aromatic rings. The Bertz CT molecular complexity index is 505. The Morgan fingerprint density at radius 2 is 1.80 bits per heavy atom. The lowest BCUT2D eigenvalue weighted by molar-refractivity contribution is 0.586. The molecular weight excluding hydrogens is 391 g/mol. The van der Waals surface area contributed by atoms with Crippen molar-refractivity contribution in [2.24, 2.45) is 4.99 Å². The summed E-state index contributed by atoms with van der Waals surface area (Å²) in [4.78, 5) is 4.05. The number of nitrogens with one attached hydrogen (secondary N) is 3. The van der Waals surface area contributed by atoms with E-state index in [1.54, 1.807) is 7.05 Å². The molecule has 0 aliphatic rings. The summed E-state index contributed by atoms with van der Waals surface area (Å²) in [6, 6.07) is 9.96. The Balaban J connectivity index is 0.00000361. The largest absolute Gasteiger partial charge is 0.355 e. The molecule has 0 aliphatic heterocycles. The van der Waals surface area contributed by atoms with E-state index >= 15 is 0 Å². The highest BCUT2D eigenvalue weighted by Crippen LogP contribution is 1.96. The molecule has 0 fully saturated rings. The summed E-state index contributed by atoms with van der Waals surface area (Å²) in [6.07, 6.45) is 1.13. The molecule has 0 saturated carbocycles. The number of hydrogen-bond acceptors (Lipinski definition) is 3. The second kappa shape index (κ2) is 9.94. The van der Waals surface area contributed by atoms with Crippen molar-refractivity contribution in [3.63, 3.8) is 0 Å². The molecule has 0 atom stereocenters. The van der Waals surface area contributed by atoms with Crippen molar-refractivity contribution in [2.75, 3.05) is 26.4 Å². The van der Waals surface area contributed by atoms with E-state index < -0.39 is 10.0 Å². The van der Waals surface area contributed by atoms with Crippen LogP contribution >= 0.6 is 24.0 Å². The van der Waals surface area contributed by atoms with Crippen molar-refractivity contribution >= 4 is 40.0 Å². The number of aliphatic imine (C=N–C) groups is 1. The first kappa shape index (κ1) is 19.1. The quantitative estimate of drug-likeness (QED) is 0.276. The lowest BCUT2D eigenvalue weighted by Crippen LogP contribution is -2.41. The Hall–Kier alpha value is -0.870. The fourth-order valence-corrected chi connectivity index (χ4v) is 1.89. The first-order valence-electron chi connectivity index (χ1n) is 5.94. The lowest BCUT2D eigenvalue weighted by atomic mass is 10.2. The molecule has 0 saturated heterocycles. The van der Waals surface area contributed by atoms with E-state index in [2.05, 4.69) is 20.3 Å². The van der Waals surface area contributed by atoms with Crippen LogP contribution in [0.2, 0.25) is 0 Å². The van der Waals surface area contributed by atoms with Gasteiger partial charge in [-0.25, -0.2) is 13.1 Å². The van der Waals surface area contributed by atoms with Gasteiger partial charge in [0.15, 0.2) is 5.96 Å². The van der Waals surface area contributed by atoms with Gasteiger partial charge in [0.25, 0.3) is 0 Å². The minimum absolute atomic E-state index is 0. The van der Waals surface area contributed by atoms with Gasteiger partial charge in [-0.2, -0.15) is 0 Å². The molecule has 1 rings (SSSR count). The maximum absolute atomic E-state index is 10.9. The van der Waals surface area contributed by atoms with Crippen molar-refractivity contribution in [3.05, 3.63) is 35.9 Å². The summed E-state index contributed by atoms with van der Waals surface area (Å²) < 4.78 is 24.1. The molecule has 6 nitrogen and oxygen atoms in total. The van der Waals surface area contributed by atoms with Gasteiger partial charge in [-0.1, -0.05) is 30.3 Å². The summed E-state index contributed by atoms with van der Waals surface area (Å²) in [7, 11) is -1.46. The second-order valence-electron chi connectivity index (χ2n) is 4.00. The number of rotatable bonds is 6. The highest BCUT2D eigenvalue weighted by atomic mass is 127. The fourth-order valence-electron chi connectivity index (χ4n) is 1.42. The Morgan fingerprint density at radius 1 is 1.15 bits per heavy atom. The van der Waals surface area contributed by atoms with E-state index in [-0.39, 0.29) is 24.0 Å². The first-order valence-corrected chi connectivity index (χ1v) is 7.83. The molecule has 8 heteroatoms. The van der Waals surface area contributed by atoms with Gasteiger partial charge in [0, 0.05) is 26.7 Å². The number of hydrogen-bond donors (Lipinski definition) is 3. The van der Waals surface area contributed by atoms with Crippen molar-refractivity contribution in [1.82, 2.24) is 15.4 Å². The summed E-state index contributed by atoms with van der Waals surface area (Å²) >= 11 is 0. The minimum Gasteiger partial charge on any atom is -0.355 e. The minimum atomic E-state index is -3.13. The second-order valence-corrected chi connectivity index (χ2v) is 5.84. The van der Waals surface area contributed by atoms with Crippen LogP contribution in [0, 0.1) is 0 Å². The van der Waals surface area contributed by atoms with Crippen LogP contribution in [0.5, 0.6) is 0 Å². The van der Waals surface area contributed by atoms with Crippen LogP contribution in [-0.2, 0) is 16.6 Å². The van der Waals surface area contributed by atoms with Gasteiger partial charge in [0.2, 0.25) is 10.0 Å². The average molecular weight is 412 g/mol. The highest BCUT2D eigenvalue weighted by Gasteiger charge is 2.00. The number of benzene rings is 1. The summed E-state index contributed by atoms with van der Waals surface area (Å²) in [5.74, 6) is 0.638. The zero-order valence-corrected chi connectivity index (χ0v) is 14.7. The molecule has 0 radical (unpaired) electrons. The molecule has 0 unspecified atom stereocenters. The molecule has 1 aromatic carbocycles. The van der Waals surface area contributed by atoms with Gasteiger partial charge in [-0.05, 0) is 5.56 Å². The summed E-state index contributed by atoms with van der Waals surface area (Å²) in [5.41, 5.74) is 1.15. The van der Waals surface area contributed by atoms with E-state index in [1.165, 1.54) is 0 Å². The Morgan fingerprint density at radius 3 is 2.35 bits per heavy atom. The van der Waals surface area contributed by atoms with Gasteiger partial charge in [0.05, 0.1) is 6.26 Å². The molecular formula is C12H21IN4O2S. The van der Waals surface area contributed by atoms with Crippen molar-refractivity contribution < 1.29 is 8.42 Å². The Labute approximate surface area is 137 Å². The van der Waals surface area contributed by atoms with Crippen LogP contribution in [0.25, 0.3) is 0 Å². The molecule has 3 N–H and O–H groups in total. The molecule has 0 heterocycles. The standard InChI is InChI=1S/C12H20N4O2S.HI/c1-13-12(14-8-9-16-19(2,17)18)15-10-11-6-4-3-5-7-11;/h3-7,16H,8-10H2,1-2H3,(H2,13,14,15);1H. The highest BCUT2D eigenvalue weighted by molar-refractivity contribution is 14.0. The SMILES string of the molecule is CN=C(NCCNS(C)(=O)=O)NCc1ccccc1.I. The monoisotopic (exact) mass is 412 g/mol. The van der Waals surface area contributed by atoms with Crippen LogP contribution in [0.15, 0.2) is 35.3 Å². The van der Waals surface area contributed by atoms with Crippen molar-refractivity contribution in [2.45, 2.75) is 6.54 Å². The first-order chi connectivity index (χ1) is 9.01. The van der Waals surface area contributed by atoms with E-state index in [1.807, 2.05) is 30.3 Å². The smallest absolute Gasteiger partial charge is 0.208 e. The maximum Gasteiger partial charge on any atom is 0.208 e. The molecule has 114 valence electrons. The Kier molecular flexibility index (Phi) is 9.51. The average Bonchev–Trinajstić information content (AvgIpc) is 2.38.